The molecule has 1 N–H and O–H groups in total. The molecule has 0 bridgehead atoms. The molecule has 2 aromatic rings. The molecule has 32 heavy (non-hydrogen) atoms. The summed E-state index contributed by atoms with van der Waals surface area (Å²) in [6.07, 6.45) is 1.70. The second-order valence-electron chi connectivity index (χ2n) is 7.45. The molecule has 0 aliphatic carbocycles. The van der Waals surface area contributed by atoms with Crippen LogP contribution >= 0.6 is 0 Å². The van der Waals surface area contributed by atoms with E-state index < -0.39 is 10.0 Å². The standard InChI is InChI=1S/C23H32N2O6S/c1-17-8-10-20(18(2)15-17)31-14-12-24-23(26)7-6-13-25(32(5,27)28)19-9-11-21(29-3)22(16-19)30-4/h8-11,15-16H,6-7,12-14H2,1-5H3,(H,24,26). The van der Waals surface area contributed by atoms with Crippen molar-refractivity contribution in [2.24, 2.45) is 0 Å². The number of nitrogens with zero attached hydrogens (tertiary/aromatic N) is 1. The fraction of sp³-hybridized carbons (Fsp3) is 0.435. The van der Waals surface area contributed by atoms with Crippen LogP contribution in [-0.2, 0) is 14.8 Å². The summed E-state index contributed by atoms with van der Waals surface area (Å²) in [6, 6.07) is 10.8. The molecule has 1 amide bonds. The Labute approximate surface area is 190 Å². The number of rotatable bonds is 12. The van der Waals surface area contributed by atoms with Crippen LogP contribution in [0.2, 0.25) is 0 Å². The number of nitrogens with one attached hydrogen (secondary N) is 1. The first kappa shape index (κ1) is 25.3. The van der Waals surface area contributed by atoms with Crippen LogP contribution in [0.25, 0.3) is 0 Å². The van der Waals surface area contributed by atoms with Crippen LogP contribution in [0, 0.1) is 13.8 Å². The Morgan fingerprint density at radius 2 is 1.69 bits per heavy atom. The highest BCUT2D eigenvalue weighted by Crippen LogP contribution is 2.32. The largest absolute Gasteiger partial charge is 0.493 e. The van der Waals surface area contributed by atoms with Crippen molar-refractivity contribution in [3.05, 3.63) is 47.5 Å². The van der Waals surface area contributed by atoms with E-state index in [-0.39, 0.29) is 18.9 Å². The smallest absolute Gasteiger partial charge is 0.232 e. The second-order valence-corrected chi connectivity index (χ2v) is 9.35. The molecule has 9 heteroatoms. The Hall–Kier alpha value is -2.94. The van der Waals surface area contributed by atoms with Gasteiger partial charge in [0.2, 0.25) is 15.9 Å². The lowest BCUT2D eigenvalue weighted by Crippen LogP contribution is -2.33. The van der Waals surface area contributed by atoms with Crippen LogP contribution in [0.4, 0.5) is 5.69 Å². The maximum atomic E-state index is 12.3. The van der Waals surface area contributed by atoms with E-state index in [0.29, 0.717) is 36.8 Å². The van der Waals surface area contributed by atoms with Gasteiger partial charge >= 0.3 is 0 Å². The summed E-state index contributed by atoms with van der Waals surface area (Å²) >= 11 is 0. The molecule has 0 fully saturated rings. The molecule has 0 heterocycles. The zero-order valence-corrected chi connectivity index (χ0v) is 20.1. The molecule has 0 saturated carbocycles. The number of carbonyl (C=O) groups is 1. The summed E-state index contributed by atoms with van der Waals surface area (Å²) < 4.78 is 42.0. The first-order valence-corrected chi connectivity index (χ1v) is 12.2. The van der Waals surface area contributed by atoms with E-state index in [1.807, 2.05) is 32.0 Å². The fourth-order valence-electron chi connectivity index (χ4n) is 3.25. The van der Waals surface area contributed by atoms with Crippen molar-refractivity contribution in [3.8, 4) is 17.2 Å². The number of aryl methyl sites for hydroxylation is 2. The minimum Gasteiger partial charge on any atom is -0.493 e. The molecular formula is C23H32N2O6S. The molecular weight excluding hydrogens is 432 g/mol. The average molecular weight is 465 g/mol. The molecule has 0 radical (unpaired) electrons. The van der Waals surface area contributed by atoms with Crippen molar-refractivity contribution in [2.75, 3.05) is 44.5 Å². The molecule has 8 nitrogen and oxygen atoms in total. The summed E-state index contributed by atoms with van der Waals surface area (Å²) in [5.74, 6) is 1.57. The SMILES string of the molecule is COc1ccc(N(CCCC(=O)NCCOc2ccc(C)cc2C)S(C)(=O)=O)cc1OC. The number of hydrogen-bond donors (Lipinski definition) is 1. The lowest BCUT2D eigenvalue weighted by atomic mass is 10.1. The average Bonchev–Trinajstić information content (AvgIpc) is 2.74. The number of carbonyl (C=O) groups excluding carboxylic acids is 1. The molecule has 176 valence electrons. The minimum atomic E-state index is -3.53. The fourth-order valence-corrected chi connectivity index (χ4v) is 4.21. The topological polar surface area (TPSA) is 94.2 Å². The molecule has 0 saturated heterocycles. The molecule has 0 spiro atoms. The highest BCUT2D eigenvalue weighted by molar-refractivity contribution is 7.92. The first-order valence-electron chi connectivity index (χ1n) is 10.3. The third kappa shape index (κ3) is 7.33. The van der Waals surface area contributed by atoms with Gasteiger partial charge in [-0.1, -0.05) is 17.7 Å². The number of anilines is 1. The Morgan fingerprint density at radius 1 is 1.00 bits per heavy atom. The van der Waals surface area contributed by atoms with E-state index in [1.165, 1.54) is 24.1 Å². The van der Waals surface area contributed by atoms with Crippen LogP contribution in [0.5, 0.6) is 17.2 Å². The molecule has 2 aromatic carbocycles. The molecule has 0 unspecified atom stereocenters. The summed E-state index contributed by atoms with van der Waals surface area (Å²) in [4.78, 5) is 12.1. The summed E-state index contributed by atoms with van der Waals surface area (Å²) in [5, 5.41) is 2.80. The van der Waals surface area contributed by atoms with E-state index in [2.05, 4.69) is 5.32 Å². The second kappa shape index (κ2) is 11.6. The highest BCUT2D eigenvalue weighted by Gasteiger charge is 2.19. The van der Waals surface area contributed by atoms with Gasteiger partial charge in [0.15, 0.2) is 11.5 Å². The number of amides is 1. The highest BCUT2D eigenvalue weighted by atomic mass is 32.2. The number of methoxy groups -OCH3 is 2. The van der Waals surface area contributed by atoms with E-state index in [9.17, 15) is 13.2 Å². The van der Waals surface area contributed by atoms with Crippen molar-refractivity contribution < 1.29 is 27.4 Å². The Morgan fingerprint density at radius 3 is 2.31 bits per heavy atom. The van der Waals surface area contributed by atoms with Gasteiger partial charge in [0.05, 0.1) is 32.7 Å². The summed E-state index contributed by atoms with van der Waals surface area (Å²) in [5.41, 5.74) is 2.67. The summed E-state index contributed by atoms with van der Waals surface area (Å²) in [6.45, 7) is 4.90. The van der Waals surface area contributed by atoms with E-state index in [4.69, 9.17) is 14.2 Å². The monoisotopic (exact) mass is 464 g/mol. The lowest BCUT2D eigenvalue weighted by Gasteiger charge is -2.23. The predicted octanol–water partition coefficient (Wildman–Crippen LogP) is 3.06. The van der Waals surface area contributed by atoms with Crippen molar-refractivity contribution in [2.45, 2.75) is 26.7 Å². The van der Waals surface area contributed by atoms with Crippen LogP contribution < -0.4 is 23.8 Å². The predicted molar refractivity (Wildman–Crippen MR) is 125 cm³/mol. The van der Waals surface area contributed by atoms with E-state index in [1.54, 1.807) is 18.2 Å². The van der Waals surface area contributed by atoms with Gasteiger partial charge in [-0.25, -0.2) is 8.42 Å². The van der Waals surface area contributed by atoms with Gasteiger partial charge in [-0.15, -0.1) is 0 Å². The molecule has 0 atom stereocenters. The Balaban J connectivity index is 1.84. The summed E-state index contributed by atoms with van der Waals surface area (Å²) in [7, 11) is -0.536. The van der Waals surface area contributed by atoms with Crippen LogP contribution in [0.15, 0.2) is 36.4 Å². The molecule has 0 aliphatic heterocycles. The molecule has 2 rings (SSSR count). The molecule has 0 aliphatic rings. The Bertz CT molecular complexity index is 1020. The van der Waals surface area contributed by atoms with Crippen molar-refractivity contribution >= 4 is 21.6 Å². The van der Waals surface area contributed by atoms with E-state index in [0.717, 1.165) is 17.6 Å². The van der Waals surface area contributed by atoms with Crippen LogP contribution in [0.1, 0.15) is 24.0 Å². The van der Waals surface area contributed by atoms with E-state index >= 15 is 0 Å². The lowest BCUT2D eigenvalue weighted by molar-refractivity contribution is -0.121. The number of hydrogen-bond acceptors (Lipinski definition) is 6. The third-order valence-corrected chi connectivity index (χ3v) is 6.03. The van der Waals surface area contributed by atoms with Crippen molar-refractivity contribution in [1.29, 1.82) is 0 Å². The van der Waals surface area contributed by atoms with Gasteiger partial charge in [-0.2, -0.15) is 0 Å². The van der Waals surface area contributed by atoms with Crippen molar-refractivity contribution in [3.63, 3.8) is 0 Å². The first-order chi connectivity index (χ1) is 15.2. The zero-order chi connectivity index (χ0) is 23.7. The van der Waals surface area contributed by atoms with Gasteiger partial charge in [0, 0.05) is 19.0 Å². The number of sulfonamides is 1. The quantitative estimate of drug-likeness (QED) is 0.485. The zero-order valence-electron chi connectivity index (χ0n) is 19.3. The van der Waals surface area contributed by atoms with Gasteiger partial charge in [-0.3, -0.25) is 9.10 Å². The maximum Gasteiger partial charge on any atom is 0.232 e. The van der Waals surface area contributed by atoms with Crippen molar-refractivity contribution in [1.82, 2.24) is 5.32 Å². The van der Waals surface area contributed by atoms with Crippen LogP contribution in [-0.4, -0.2) is 54.5 Å². The third-order valence-electron chi connectivity index (χ3n) is 4.83. The molecule has 0 aromatic heterocycles. The minimum absolute atomic E-state index is 0.157. The number of benzene rings is 2. The Kier molecular flexibility index (Phi) is 9.19. The van der Waals surface area contributed by atoms with Gasteiger partial charge in [0.25, 0.3) is 0 Å². The van der Waals surface area contributed by atoms with Gasteiger partial charge < -0.3 is 19.5 Å². The van der Waals surface area contributed by atoms with Gasteiger partial charge in [0.1, 0.15) is 12.4 Å². The normalized spacial score (nSPS) is 11.0. The van der Waals surface area contributed by atoms with Gasteiger partial charge in [-0.05, 0) is 44.0 Å². The maximum absolute atomic E-state index is 12.3. The van der Waals surface area contributed by atoms with Crippen LogP contribution in [0.3, 0.4) is 0 Å². The number of ether oxygens (including phenoxy) is 3.